The highest BCUT2D eigenvalue weighted by atomic mass is 16.5. The molecular formula is C17H24N2O2. The average molecular weight is 288 g/mol. The lowest BCUT2D eigenvalue weighted by Crippen LogP contribution is -2.23. The highest BCUT2D eigenvalue weighted by Crippen LogP contribution is 2.46. The molecule has 0 N–H and O–H groups in total. The Morgan fingerprint density at radius 2 is 2.19 bits per heavy atom. The van der Waals surface area contributed by atoms with Crippen LogP contribution < -0.4 is 0 Å². The van der Waals surface area contributed by atoms with Crippen LogP contribution in [0, 0.1) is 24.2 Å². The molecule has 2 atom stereocenters. The molecule has 0 aliphatic heterocycles. The van der Waals surface area contributed by atoms with Crippen LogP contribution >= 0.6 is 0 Å². The molecule has 21 heavy (non-hydrogen) atoms. The minimum Gasteiger partial charge on any atom is -0.466 e. The van der Waals surface area contributed by atoms with Gasteiger partial charge in [-0.05, 0) is 25.2 Å². The number of hydrazone groups is 1. The summed E-state index contributed by atoms with van der Waals surface area (Å²) in [6.07, 6.45) is 11.2. The van der Waals surface area contributed by atoms with Crippen LogP contribution in [0.1, 0.15) is 33.6 Å². The number of carbonyl (C=O) groups excluding carboxylic acids is 1. The monoisotopic (exact) mass is 288 g/mol. The first-order valence-electron chi connectivity index (χ1n) is 7.50. The van der Waals surface area contributed by atoms with Gasteiger partial charge in [-0.15, -0.1) is 6.42 Å². The average Bonchev–Trinajstić information content (AvgIpc) is 3.27. The molecule has 0 aromatic heterocycles. The number of hydrogen-bond acceptors (Lipinski definition) is 4. The van der Waals surface area contributed by atoms with Gasteiger partial charge in [-0.2, -0.15) is 5.10 Å². The van der Waals surface area contributed by atoms with Crippen LogP contribution in [0.15, 0.2) is 28.5 Å². The molecular weight excluding hydrogens is 264 g/mol. The van der Waals surface area contributed by atoms with Crippen LogP contribution in [0.5, 0.6) is 0 Å². The van der Waals surface area contributed by atoms with Crippen LogP contribution in [0.4, 0.5) is 0 Å². The number of ether oxygens (including phenoxy) is 1. The number of rotatable bonds is 6. The van der Waals surface area contributed by atoms with Crippen LogP contribution in [0.2, 0.25) is 0 Å². The van der Waals surface area contributed by atoms with Gasteiger partial charge in [0.1, 0.15) is 0 Å². The van der Waals surface area contributed by atoms with Gasteiger partial charge in [0.15, 0.2) is 0 Å². The van der Waals surface area contributed by atoms with E-state index in [4.69, 9.17) is 11.2 Å². The number of esters is 1. The first-order valence-corrected chi connectivity index (χ1v) is 7.50. The molecule has 1 saturated carbocycles. The van der Waals surface area contributed by atoms with Crippen molar-refractivity contribution < 1.29 is 9.53 Å². The van der Waals surface area contributed by atoms with Gasteiger partial charge in [0.2, 0.25) is 0 Å². The van der Waals surface area contributed by atoms with Gasteiger partial charge < -0.3 is 4.74 Å². The summed E-state index contributed by atoms with van der Waals surface area (Å²) < 4.78 is 4.90. The van der Waals surface area contributed by atoms with Crippen molar-refractivity contribution >= 4 is 12.7 Å². The fraction of sp³-hybridized carbons (Fsp3) is 0.529. The molecule has 1 fully saturated rings. The summed E-state index contributed by atoms with van der Waals surface area (Å²) >= 11 is 0. The molecule has 2 aliphatic rings. The largest absolute Gasteiger partial charge is 0.466 e. The van der Waals surface area contributed by atoms with E-state index in [1.54, 1.807) is 11.9 Å². The molecule has 2 unspecified atom stereocenters. The maximum absolute atomic E-state index is 11.4. The Kier molecular flexibility index (Phi) is 6.74. The maximum atomic E-state index is 11.4. The summed E-state index contributed by atoms with van der Waals surface area (Å²) in [4.78, 5) is 11.4. The van der Waals surface area contributed by atoms with E-state index in [-0.39, 0.29) is 12.4 Å². The normalized spacial score (nSPS) is 21.4. The fourth-order valence-corrected chi connectivity index (χ4v) is 2.26. The first kappa shape index (κ1) is 17.0. The molecule has 4 nitrogen and oxygen atoms in total. The highest BCUT2D eigenvalue weighted by Gasteiger charge is 2.38. The van der Waals surface area contributed by atoms with Crippen molar-refractivity contribution in [2.75, 3.05) is 13.2 Å². The predicted molar refractivity (Wildman–Crippen MR) is 85.4 cm³/mol. The molecule has 0 radical (unpaired) electrons. The molecule has 0 saturated heterocycles. The zero-order valence-corrected chi connectivity index (χ0v) is 13.1. The Bertz CT molecular complexity index is 486. The highest BCUT2D eigenvalue weighted by molar-refractivity contribution is 5.69. The number of terminal acetylenes is 1. The van der Waals surface area contributed by atoms with Crippen molar-refractivity contribution in [3.8, 4) is 12.3 Å². The van der Waals surface area contributed by atoms with E-state index in [9.17, 15) is 4.79 Å². The number of fused-ring (bicyclic) bond motifs is 1. The number of hydrogen-bond donors (Lipinski definition) is 0. The molecule has 0 spiro atoms. The van der Waals surface area contributed by atoms with Crippen molar-refractivity contribution in [1.29, 1.82) is 0 Å². The minimum atomic E-state index is -0.233. The summed E-state index contributed by atoms with van der Waals surface area (Å²) in [5, 5.41) is 5.66. The summed E-state index contributed by atoms with van der Waals surface area (Å²) in [5.74, 6) is 3.61. The SMILES string of the molecule is C#CC1=CC2CC2C=C1N(CCC(=O)OCC)N=C.CC. The van der Waals surface area contributed by atoms with E-state index in [2.05, 4.69) is 29.9 Å². The molecule has 2 rings (SSSR count). The first-order chi connectivity index (χ1) is 10.2. The fourth-order valence-electron chi connectivity index (χ4n) is 2.26. The zero-order valence-electron chi connectivity index (χ0n) is 13.1. The zero-order chi connectivity index (χ0) is 15.8. The Morgan fingerprint density at radius 1 is 1.52 bits per heavy atom. The number of nitrogens with zero attached hydrogens (tertiary/aromatic N) is 2. The van der Waals surface area contributed by atoms with E-state index >= 15 is 0 Å². The van der Waals surface area contributed by atoms with E-state index in [0.717, 1.165) is 17.7 Å². The molecule has 0 bridgehead atoms. The van der Waals surface area contributed by atoms with E-state index in [0.29, 0.717) is 25.0 Å². The molecule has 0 aromatic rings. The van der Waals surface area contributed by atoms with Gasteiger partial charge in [-0.1, -0.05) is 31.9 Å². The molecule has 0 amide bonds. The van der Waals surface area contributed by atoms with E-state index in [1.807, 2.05) is 13.8 Å². The van der Waals surface area contributed by atoms with Gasteiger partial charge >= 0.3 is 5.97 Å². The maximum Gasteiger partial charge on any atom is 0.307 e. The second kappa shape index (κ2) is 8.31. The Labute approximate surface area is 127 Å². The smallest absolute Gasteiger partial charge is 0.307 e. The van der Waals surface area contributed by atoms with E-state index in [1.165, 1.54) is 0 Å². The lowest BCUT2D eigenvalue weighted by atomic mass is 10.0. The third-order valence-corrected chi connectivity index (χ3v) is 3.36. The van der Waals surface area contributed by atoms with Crippen molar-refractivity contribution in [3.63, 3.8) is 0 Å². The lowest BCUT2D eigenvalue weighted by Gasteiger charge is -2.23. The minimum absolute atomic E-state index is 0.233. The molecule has 114 valence electrons. The van der Waals surface area contributed by atoms with Crippen LogP contribution in [0.25, 0.3) is 0 Å². The second-order valence-electron chi connectivity index (χ2n) is 4.66. The van der Waals surface area contributed by atoms with Crippen molar-refractivity contribution in [3.05, 3.63) is 23.4 Å². The third-order valence-electron chi connectivity index (χ3n) is 3.36. The van der Waals surface area contributed by atoms with Crippen molar-refractivity contribution in [1.82, 2.24) is 5.01 Å². The van der Waals surface area contributed by atoms with Gasteiger partial charge in [0.05, 0.1) is 25.3 Å². The summed E-state index contributed by atoms with van der Waals surface area (Å²) in [7, 11) is 0. The van der Waals surface area contributed by atoms with Crippen LogP contribution in [0.3, 0.4) is 0 Å². The van der Waals surface area contributed by atoms with Crippen LogP contribution in [-0.2, 0) is 9.53 Å². The topological polar surface area (TPSA) is 41.9 Å². The third kappa shape index (κ3) is 4.49. The molecule has 4 heteroatoms. The molecule has 0 aromatic carbocycles. The number of carbonyl (C=O) groups is 1. The number of allylic oxidation sites excluding steroid dienone is 3. The standard InChI is InChI=1S/C15H18N2O2.C2H6/c1-4-11-8-12-9-13(12)10-14(11)17(16-3)7-6-15(18)19-5-2;1-2/h1,8,10,12-13H,3,5-7,9H2,2H3;1-2H3. The van der Waals surface area contributed by atoms with Gasteiger partial charge in [-0.25, -0.2) is 0 Å². The second-order valence-corrected chi connectivity index (χ2v) is 4.66. The van der Waals surface area contributed by atoms with Crippen molar-refractivity contribution in [2.24, 2.45) is 16.9 Å². The lowest BCUT2D eigenvalue weighted by molar-refractivity contribution is -0.143. The Balaban J connectivity index is 0.00000106. The Morgan fingerprint density at radius 3 is 2.76 bits per heavy atom. The van der Waals surface area contributed by atoms with Gasteiger partial charge in [0, 0.05) is 12.3 Å². The van der Waals surface area contributed by atoms with Gasteiger partial charge in [0.25, 0.3) is 0 Å². The molecule has 0 heterocycles. The summed E-state index contributed by atoms with van der Waals surface area (Å²) in [6, 6.07) is 0. The predicted octanol–water partition coefficient (Wildman–Crippen LogP) is 2.98. The van der Waals surface area contributed by atoms with E-state index < -0.39 is 0 Å². The van der Waals surface area contributed by atoms with Gasteiger partial charge in [-0.3, -0.25) is 9.80 Å². The summed E-state index contributed by atoms with van der Waals surface area (Å²) in [5.41, 5.74) is 1.73. The van der Waals surface area contributed by atoms with Crippen molar-refractivity contribution in [2.45, 2.75) is 33.6 Å². The summed E-state index contributed by atoms with van der Waals surface area (Å²) in [6.45, 7) is 10.2. The van der Waals surface area contributed by atoms with Crippen LogP contribution in [-0.4, -0.2) is 30.8 Å². The quantitative estimate of drug-likeness (QED) is 0.326. The Hall–Kier alpha value is -2.02. The molecule has 2 aliphatic carbocycles.